The van der Waals surface area contributed by atoms with E-state index in [1.165, 1.54) is 36.4 Å². The zero-order valence-corrected chi connectivity index (χ0v) is 20.9. The number of rotatable bonds is 10. The number of halogens is 2. The summed E-state index contributed by atoms with van der Waals surface area (Å²) in [7, 11) is 0. The maximum atomic E-state index is 13.2. The first kappa shape index (κ1) is 25.6. The zero-order chi connectivity index (χ0) is 24.8. The second kappa shape index (κ2) is 11.5. The van der Waals surface area contributed by atoms with Gasteiger partial charge >= 0.3 is 0 Å². The van der Waals surface area contributed by atoms with E-state index in [-0.39, 0.29) is 23.2 Å². The van der Waals surface area contributed by atoms with Gasteiger partial charge in [-0.05, 0) is 74.6 Å². The first-order valence-corrected chi connectivity index (χ1v) is 13.4. The van der Waals surface area contributed by atoms with E-state index in [2.05, 4.69) is 17.6 Å². The second-order valence-electron chi connectivity index (χ2n) is 9.65. The lowest BCUT2D eigenvalue weighted by Crippen LogP contribution is -2.51. The Kier molecular flexibility index (Phi) is 8.44. The van der Waals surface area contributed by atoms with Gasteiger partial charge in [-0.3, -0.25) is 9.59 Å². The highest BCUT2D eigenvalue weighted by molar-refractivity contribution is 7.99. The van der Waals surface area contributed by atoms with E-state index in [4.69, 9.17) is 0 Å². The first-order valence-electron chi connectivity index (χ1n) is 12.3. The summed E-state index contributed by atoms with van der Waals surface area (Å²) in [6.45, 7) is 4.39. The minimum Gasteiger partial charge on any atom is -0.341 e. The van der Waals surface area contributed by atoms with Gasteiger partial charge in [-0.25, -0.2) is 8.78 Å². The SMILES string of the molecule is CC1(NCCSCC(NC(=O)c2ccc(F)cc2)C(=O)N2CCCCC2)CC1c1ccc(F)cc1. The molecule has 1 heterocycles. The number of piperidine rings is 1. The van der Waals surface area contributed by atoms with Crippen LogP contribution >= 0.6 is 11.8 Å². The van der Waals surface area contributed by atoms with Crippen LogP contribution in [0.4, 0.5) is 8.78 Å². The van der Waals surface area contributed by atoms with Crippen LogP contribution in [0, 0.1) is 11.6 Å². The van der Waals surface area contributed by atoms with Crippen molar-refractivity contribution in [3.63, 3.8) is 0 Å². The van der Waals surface area contributed by atoms with Crippen molar-refractivity contribution in [3.8, 4) is 0 Å². The van der Waals surface area contributed by atoms with Crippen molar-refractivity contribution in [1.29, 1.82) is 0 Å². The number of nitrogens with zero attached hydrogens (tertiary/aromatic N) is 1. The Hall–Kier alpha value is -2.45. The zero-order valence-electron chi connectivity index (χ0n) is 20.1. The van der Waals surface area contributed by atoms with Gasteiger partial charge in [0, 0.05) is 48.2 Å². The number of nitrogens with one attached hydrogen (secondary N) is 2. The molecule has 2 amide bonds. The van der Waals surface area contributed by atoms with E-state index >= 15 is 0 Å². The predicted molar refractivity (Wildman–Crippen MR) is 136 cm³/mol. The minimum absolute atomic E-state index is 0.00178. The van der Waals surface area contributed by atoms with Gasteiger partial charge in [0.2, 0.25) is 5.91 Å². The molecule has 2 fully saturated rings. The van der Waals surface area contributed by atoms with Gasteiger partial charge in [0.15, 0.2) is 0 Å². The number of thioether (sulfide) groups is 1. The Bertz CT molecular complexity index is 1010. The molecule has 1 saturated heterocycles. The molecule has 4 rings (SSSR count). The number of carbonyl (C=O) groups excluding carboxylic acids is 2. The van der Waals surface area contributed by atoms with Gasteiger partial charge in [0.1, 0.15) is 17.7 Å². The lowest BCUT2D eigenvalue weighted by Gasteiger charge is -2.30. The first-order chi connectivity index (χ1) is 16.9. The van der Waals surface area contributed by atoms with Gasteiger partial charge in [-0.2, -0.15) is 11.8 Å². The molecule has 2 aliphatic rings. The Morgan fingerprint density at radius 3 is 2.31 bits per heavy atom. The van der Waals surface area contributed by atoms with Crippen LogP contribution in [0.1, 0.15) is 54.4 Å². The molecule has 5 nitrogen and oxygen atoms in total. The van der Waals surface area contributed by atoms with E-state index in [0.717, 1.165) is 56.6 Å². The molecule has 1 aliphatic heterocycles. The van der Waals surface area contributed by atoms with Crippen molar-refractivity contribution in [3.05, 3.63) is 71.3 Å². The second-order valence-corrected chi connectivity index (χ2v) is 10.8. The molecule has 0 spiro atoms. The fourth-order valence-corrected chi connectivity index (χ4v) is 5.58. The smallest absolute Gasteiger partial charge is 0.251 e. The monoisotopic (exact) mass is 501 g/mol. The molecule has 8 heteroatoms. The van der Waals surface area contributed by atoms with Crippen LogP contribution in [0.15, 0.2) is 48.5 Å². The van der Waals surface area contributed by atoms with Crippen molar-refractivity contribution in [2.24, 2.45) is 0 Å². The highest BCUT2D eigenvalue weighted by atomic mass is 32.2. The molecule has 2 N–H and O–H groups in total. The molecule has 1 aliphatic carbocycles. The number of likely N-dealkylation sites (tertiary alicyclic amines) is 1. The Labute approximate surface area is 210 Å². The van der Waals surface area contributed by atoms with Gasteiger partial charge in [-0.1, -0.05) is 12.1 Å². The summed E-state index contributed by atoms with van der Waals surface area (Å²) in [4.78, 5) is 27.7. The molecule has 2 aromatic carbocycles. The summed E-state index contributed by atoms with van der Waals surface area (Å²) >= 11 is 1.63. The summed E-state index contributed by atoms with van der Waals surface area (Å²) in [5.41, 5.74) is 1.48. The predicted octanol–water partition coefficient (Wildman–Crippen LogP) is 4.34. The standard InChI is InChI=1S/C27H33F2N3O2S/c1-27(17-23(27)19-5-9-21(28)10-6-19)30-13-16-35-18-24(26(34)32-14-3-2-4-15-32)31-25(33)20-7-11-22(29)12-8-20/h5-12,23-24,30H,2-4,13-18H2,1H3,(H,31,33). The summed E-state index contributed by atoms with van der Waals surface area (Å²) < 4.78 is 26.4. The van der Waals surface area contributed by atoms with Gasteiger partial charge in [0.05, 0.1) is 0 Å². The van der Waals surface area contributed by atoms with Crippen molar-refractivity contribution < 1.29 is 18.4 Å². The third kappa shape index (κ3) is 6.82. The molecule has 0 radical (unpaired) electrons. The average Bonchev–Trinajstić information content (AvgIpc) is 3.55. The topological polar surface area (TPSA) is 61.4 Å². The van der Waals surface area contributed by atoms with Crippen LogP contribution in [-0.2, 0) is 4.79 Å². The fourth-order valence-electron chi connectivity index (χ4n) is 4.70. The average molecular weight is 502 g/mol. The number of amides is 2. The molecule has 2 aromatic rings. The Morgan fingerprint density at radius 2 is 1.66 bits per heavy atom. The van der Waals surface area contributed by atoms with Crippen LogP contribution < -0.4 is 10.6 Å². The van der Waals surface area contributed by atoms with Crippen molar-refractivity contribution >= 4 is 23.6 Å². The third-order valence-electron chi connectivity index (χ3n) is 6.95. The third-order valence-corrected chi connectivity index (χ3v) is 8.01. The summed E-state index contributed by atoms with van der Waals surface area (Å²) in [5, 5.41) is 6.48. The van der Waals surface area contributed by atoms with E-state index in [9.17, 15) is 18.4 Å². The summed E-state index contributed by atoms with van der Waals surface area (Å²) in [6.07, 6.45) is 4.09. The van der Waals surface area contributed by atoms with E-state index < -0.39 is 11.9 Å². The van der Waals surface area contributed by atoms with Crippen molar-refractivity contribution in [2.75, 3.05) is 31.1 Å². The van der Waals surface area contributed by atoms with Gasteiger partial charge in [0.25, 0.3) is 5.91 Å². The number of hydrogen-bond acceptors (Lipinski definition) is 4. The van der Waals surface area contributed by atoms with Crippen LogP contribution in [0.3, 0.4) is 0 Å². The molecule has 188 valence electrons. The largest absolute Gasteiger partial charge is 0.341 e. The van der Waals surface area contributed by atoms with Gasteiger partial charge in [-0.15, -0.1) is 0 Å². The molecule has 1 saturated carbocycles. The van der Waals surface area contributed by atoms with Gasteiger partial charge < -0.3 is 15.5 Å². The Morgan fingerprint density at radius 1 is 1.03 bits per heavy atom. The lowest BCUT2D eigenvalue weighted by molar-refractivity contribution is -0.133. The van der Waals surface area contributed by atoms with Crippen LogP contribution in [-0.4, -0.2) is 59.4 Å². The highest BCUT2D eigenvalue weighted by Crippen LogP contribution is 2.50. The van der Waals surface area contributed by atoms with Crippen molar-refractivity contribution in [1.82, 2.24) is 15.5 Å². The van der Waals surface area contributed by atoms with E-state index in [1.54, 1.807) is 11.8 Å². The summed E-state index contributed by atoms with van der Waals surface area (Å²) in [6, 6.07) is 11.4. The molecular formula is C27H33F2N3O2S. The molecule has 3 unspecified atom stereocenters. The highest BCUT2D eigenvalue weighted by Gasteiger charge is 2.50. The quantitative estimate of drug-likeness (QED) is 0.476. The van der Waals surface area contributed by atoms with Crippen LogP contribution in [0.2, 0.25) is 0 Å². The summed E-state index contributed by atoms with van der Waals surface area (Å²) in [5.74, 6) is 0.593. The minimum atomic E-state index is -0.626. The van der Waals surface area contributed by atoms with E-state index in [0.29, 0.717) is 17.2 Å². The fraction of sp³-hybridized carbons (Fsp3) is 0.481. The normalized spacial score (nSPS) is 22.5. The molecule has 0 aromatic heterocycles. The van der Waals surface area contributed by atoms with Crippen LogP contribution in [0.25, 0.3) is 0 Å². The van der Waals surface area contributed by atoms with Crippen molar-refractivity contribution in [2.45, 2.75) is 50.1 Å². The van der Waals surface area contributed by atoms with E-state index in [1.807, 2.05) is 17.0 Å². The number of benzene rings is 2. The Balaban J connectivity index is 1.27. The molecular weight excluding hydrogens is 468 g/mol. The molecule has 0 bridgehead atoms. The number of carbonyl (C=O) groups is 2. The number of hydrogen-bond donors (Lipinski definition) is 2. The molecule has 3 atom stereocenters. The maximum Gasteiger partial charge on any atom is 0.251 e. The maximum absolute atomic E-state index is 13.2. The molecule has 35 heavy (non-hydrogen) atoms. The van der Waals surface area contributed by atoms with Crippen LogP contribution in [0.5, 0.6) is 0 Å². The lowest BCUT2D eigenvalue weighted by atomic mass is 10.1.